The van der Waals surface area contributed by atoms with Crippen molar-refractivity contribution in [2.75, 3.05) is 10.6 Å². The Morgan fingerprint density at radius 1 is 0.800 bits per heavy atom. The van der Waals surface area contributed by atoms with Crippen LogP contribution in [0.25, 0.3) is 0 Å². The van der Waals surface area contributed by atoms with Crippen LogP contribution in [0, 0.1) is 0 Å². The van der Waals surface area contributed by atoms with Crippen molar-refractivity contribution in [3.8, 4) is 0 Å². The Morgan fingerprint density at radius 2 is 1.47 bits per heavy atom. The first-order valence-corrected chi connectivity index (χ1v) is 10.5. The maximum atomic E-state index is 12.6. The maximum Gasteiger partial charge on any atom is 0.256 e. The average molecular weight is 526 g/mol. The van der Waals surface area contributed by atoms with Gasteiger partial charge in [0.15, 0.2) is 5.78 Å². The summed E-state index contributed by atoms with van der Waals surface area (Å²) in [6.45, 7) is 0. The molecule has 148 valence electrons. The number of carbonyl (C=O) groups is 3. The van der Waals surface area contributed by atoms with E-state index in [1.807, 2.05) is 6.07 Å². The number of hydrogen-bond acceptors (Lipinski definition) is 4. The predicted octanol–water partition coefficient (Wildman–Crippen LogP) is 5.84. The highest BCUT2D eigenvalue weighted by atomic mass is 79.9. The molecule has 3 aromatic rings. The standard InChI is InChI=1S/C23H14Br2N2O3/c24-13-5-10-19(25)18(11-13)23(30)27-15-8-6-14(7-9-15)26-20-12-21(28)16-3-1-2-4-17(16)22(20)29/h1-12,26H,(H,27,30). The van der Waals surface area contributed by atoms with Crippen LogP contribution in [0.1, 0.15) is 31.1 Å². The normalized spacial score (nSPS) is 12.8. The molecule has 7 heteroatoms. The number of fused-ring (bicyclic) bond motifs is 1. The van der Waals surface area contributed by atoms with Gasteiger partial charge in [-0.25, -0.2) is 0 Å². The van der Waals surface area contributed by atoms with E-state index < -0.39 is 0 Å². The molecule has 0 radical (unpaired) electrons. The molecule has 0 aliphatic heterocycles. The third-order valence-electron chi connectivity index (χ3n) is 4.55. The predicted molar refractivity (Wildman–Crippen MR) is 123 cm³/mol. The van der Waals surface area contributed by atoms with E-state index in [0.717, 1.165) is 4.47 Å². The molecule has 0 aromatic heterocycles. The van der Waals surface area contributed by atoms with Crippen molar-refractivity contribution >= 4 is 60.7 Å². The zero-order chi connectivity index (χ0) is 21.3. The molecule has 2 N–H and O–H groups in total. The second-order valence-electron chi connectivity index (χ2n) is 6.58. The second kappa shape index (κ2) is 8.38. The molecule has 1 aliphatic carbocycles. The van der Waals surface area contributed by atoms with Gasteiger partial charge in [0.05, 0.1) is 11.3 Å². The van der Waals surface area contributed by atoms with Crippen LogP contribution in [-0.4, -0.2) is 17.5 Å². The van der Waals surface area contributed by atoms with Crippen molar-refractivity contribution in [1.29, 1.82) is 0 Å². The quantitative estimate of drug-likeness (QED) is 0.448. The zero-order valence-electron chi connectivity index (χ0n) is 15.4. The number of benzene rings is 3. The molecule has 30 heavy (non-hydrogen) atoms. The van der Waals surface area contributed by atoms with E-state index in [0.29, 0.717) is 32.5 Å². The van der Waals surface area contributed by atoms with Crippen molar-refractivity contribution < 1.29 is 14.4 Å². The fraction of sp³-hybridized carbons (Fsp3) is 0. The summed E-state index contributed by atoms with van der Waals surface area (Å²) in [5, 5.41) is 5.83. The highest BCUT2D eigenvalue weighted by Crippen LogP contribution is 2.25. The third kappa shape index (κ3) is 4.13. The van der Waals surface area contributed by atoms with Crippen molar-refractivity contribution in [3.63, 3.8) is 0 Å². The summed E-state index contributed by atoms with van der Waals surface area (Å²) in [7, 11) is 0. The van der Waals surface area contributed by atoms with E-state index in [2.05, 4.69) is 42.5 Å². The van der Waals surface area contributed by atoms with Crippen molar-refractivity contribution in [1.82, 2.24) is 0 Å². The van der Waals surface area contributed by atoms with E-state index in [4.69, 9.17) is 0 Å². The van der Waals surface area contributed by atoms with Crippen LogP contribution in [0.5, 0.6) is 0 Å². The van der Waals surface area contributed by atoms with Gasteiger partial charge >= 0.3 is 0 Å². The smallest absolute Gasteiger partial charge is 0.256 e. The highest BCUT2D eigenvalue weighted by molar-refractivity contribution is 9.11. The lowest BCUT2D eigenvalue weighted by molar-refractivity contribution is 0.0985. The van der Waals surface area contributed by atoms with Gasteiger partial charge in [0.2, 0.25) is 5.78 Å². The van der Waals surface area contributed by atoms with Crippen LogP contribution < -0.4 is 10.6 Å². The Kier molecular flexibility index (Phi) is 5.65. The molecule has 3 aromatic carbocycles. The van der Waals surface area contributed by atoms with Gasteiger partial charge in [-0.15, -0.1) is 0 Å². The number of allylic oxidation sites excluding steroid dienone is 2. The topological polar surface area (TPSA) is 75.3 Å². The molecule has 0 saturated heterocycles. The molecule has 0 spiro atoms. The molecule has 0 atom stereocenters. The van der Waals surface area contributed by atoms with Crippen molar-refractivity contribution in [2.24, 2.45) is 0 Å². The minimum absolute atomic E-state index is 0.212. The molecule has 1 amide bonds. The Balaban J connectivity index is 1.48. The lowest BCUT2D eigenvalue weighted by Gasteiger charge is -2.16. The van der Waals surface area contributed by atoms with E-state index in [1.165, 1.54) is 6.08 Å². The summed E-state index contributed by atoms with van der Waals surface area (Å²) in [5.41, 5.74) is 2.74. The van der Waals surface area contributed by atoms with Crippen molar-refractivity contribution in [2.45, 2.75) is 0 Å². The summed E-state index contributed by atoms with van der Waals surface area (Å²) < 4.78 is 1.49. The molecule has 0 unspecified atom stereocenters. The van der Waals surface area contributed by atoms with Crippen LogP contribution >= 0.6 is 31.9 Å². The van der Waals surface area contributed by atoms with E-state index in [-0.39, 0.29) is 23.2 Å². The van der Waals surface area contributed by atoms with Crippen LogP contribution in [-0.2, 0) is 0 Å². The molecule has 4 rings (SSSR count). The van der Waals surface area contributed by atoms with Gasteiger partial charge < -0.3 is 10.6 Å². The molecular formula is C23H14Br2N2O3. The Hall–Kier alpha value is -3.03. The summed E-state index contributed by atoms with van der Waals surface area (Å²) in [4.78, 5) is 37.4. The molecule has 5 nitrogen and oxygen atoms in total. The number of ketones is 2. The first-order chi connectivity index (χ1) is 14.4. The number of nitrogens with one attached hydrogen (secondary N) is 2. The van der Waals surface area contributed by atoms with E-state index in [1.54, 1.807) is 60.7 Å². The van der Waals surface area contributed by atoms with Gasteiger partial charge in [-0.1, -0.05) is 40.2 Å². The number of hydrogen-bond donors (Lipinski definition) is 2. The Labute approximate surface area is 189 Å². The number of anilines is 2. The molecule has 0 heterocycles. The fourth-order valence-corrected chi connectivity index (χ4v) is 3.86. The summed E-state index contributed by atoms with van der Waals surface area (Å²) >= 11 is 6.74. The van der Waals surface area contributed by atoms with Gasteiger partial charge in [-0.2, -0.15) is 0 Å². The minimum Gasteiger partial charge on any atom is -0.352 e. The highest BCUT2D eigenvalue weighted by Gasteiger charge is 2.25. The molecule has 1 aliphatic rings. The number of amides is 1. The van der Waals surface area contributed by atoms with Gasteiger partial charge in [0.1, 0.15) is 0 Å². The van der Waals surface area contributed by atoms with Gasteiger partial charge in [0.25, 0.3) is 5.91 Å². The molecular weight excluding hydrogens is 512 g/mol. The minimum atomic E-state index is -0.253. The number of carbonyl (C=O) groups excluding carboxylic acids is 3. The monoisotopic (exact) mass is 524 g/mol. The first kappa shape index (κ1) is 20.3. The average Bonchev–Trinajstić information content (AvgIpc) is 2.75. The largest absolute Gasteiger partial charge is 0.352 e. The van der Waals surface area contributed by atoms with Crippen LogP contribution in [0.2, 0.25) is 0 Å². The summed E-state index contributed by atoms with van der Waals surface area (Å²) in [6, 6.07) is 19.0. The number of Topliss-reactive ketones (excluding diaryl/α,β-unsaturated/α-hetero) is 1. The third-order valence-corrected chi connectivity index (χ3v) is 5.74. The second-order valence-corrected chi connectivity index (χ2v) is 8.35. The molecule has 0 fully saturated rings. The Morgan fingerprint density at radius 3 is 2.20 bits per heavy atom. The van der Waals surface area contributed by atoms with Crippen LogP contribution in [0.15, 0.2) is 87.4 Å². The SMILES string of the molecule is O=C(Nc1ccc(NC2=CC(=O)c3ccccc3C2=O)cc1)c1cc(Br)ccc1Br. The van der Waals surface area contributed by atoms with Gasteiger partial charge in [-0.05, 0) is 58.4 Å². The maximum absolute atomic E-state index is 12.6. The van der Waals surface area contributed by atoms with Crippen LogP contribution in [0.3, 0.4) is 0 Å². The summed E-state index contributed by atoms with van der Waals surface area (Å²) in [6.07, 6.45) is 1.31. The van der Waals surface area contributed by atoms with Crippen molar-refractivity contribution in [3.05, 3.63) is 104 Å². The lowest BCUT2D eigenvalue weighted by Crippen LogP contribution is -2.21. The van der Waals surface area contributed by atoms with Gasteiger partial charge in [0, 0.05) is 37.5 Å². The molecule has 0 saturated carbocycles. The van der Waals surface area contributed by atoms with E-state index in [9.17, 15) is 14.4 Å². The summed E-state index contributed by atoms with van der Waals surface area (Å²) in [5.74, 6) is -0.700. The molecule has 0 bridgehead atoms. The Bertz CT molecular complexity index is 1220. The number of rotatable bonds is 4. The zero-order valence-corrected chi connectivity index (χ0v) is 18.6. The first-order valence-electron chi connectivity index (χ1n) is 8.95. The lowest BCUT2D eigenvalue weighted by atomic mass is 9.92. The fourth-order valence-electron chi connectivity index (χ4n) is 3.07. The number of halogens is 2. The van der Waals surface area contributed by atoms with Crippen LogP contribution in [0.4, 0.5) is 11.4 Å². The van der Waals surface area contributed by atoms with Gasteiger partial charge in [-0.3, -0.25) is 14.4 Å². The van der Waals surface area contributed by atoms with E-state index >= 15 is 0 Å².